The van der Waals surface area contributed by atoms with Crippen molar-refractivity contribution in [1.29, 1.82) is 0 Å². The largest absolute Gasteiger partial charge is 0.368 e. The lowest BCUT2D eigenvalue weighted by Crippen LogP contribution is -2.42. The summed E-state index contributed by atoms with van der Waals surface area (Å²) in [4.78, 5) is 29.4. The summed E-state index contributed by atoms with van der Waals surface area (Å²) < 4.78 is 5.95. The number of morpholine rings is 1. The van der Waals surface area contributed by atoms with Crippen LogP contribution in [0.3, 0.4) is 0 Å². The van der Waals surface area contributed by atoms with Crippen LogP contribution in [-0.2, 0) is 4.74 Å². The van der Waals surface area contributed by atoms with Gasteiger partial charge in [0.25, 0.3) is 5.91 Å². The summed E-state index contributed by atoms with van der Waals surface area (Å²) in [7, 11) is 0. The van der Waals surface area contributed by atoms with E-state index in [9.17, 15) is 4.79 Å². The molecule has 2 fully saturated rings. The third kappa shape index (κ3) is 3.22. The summed E-state index contributed by atoms with van der Waals surface area (Å²) in [6, 6.07) is 9.67. The third-order valence-corrected chi connectivity index (χ3v) is 5.54. The molecular formula is C21H23N5O2. The van der Waals surface area contributed by atoms with E-state index in [1.165, 1.54) is 12.8 Å². The van der Waals surface area contributed by atoms with E-state index in [-0.39, 0.29) is 12.0 Å². The molecule has 0 unspecified atom stereocenters. The van der Waals surface area contributed by atoms with E-state index in [4.69, 9.17) is 9.72 Å². The van der Waals surface area contributed by atoms with Gasteiger partial charge in [-0.2, -0.15) is 0 Å². The monoisotopic (exact) mass is 377 g/mol. The number of fused-ring (bicyclic) bond motifs is 1. The quantitative estimate of drug-likeness (QED) is 0.760. The highest BCUT2D eigenvalue weighted by Gasteiger charge is 2.28. The lowest BCUT2D eigenvalue weighted by molar-refractivity contribution is -0.0247. The van der Waals surface area contributed by atoms with Crippen LogP contribution in [0.15, 0.2) is 42.7 Å². The van der Waals surface area contributed by atoms with Crippen molar-refractivity contribution >= 4 is 22.8 Å². The zero-order chi connectivity index (χ0) is 18.9. The van der Waals surface area contributed by atoms with Gasteiger partial charge >= 0.3 is 0 Å². The van der Waals surface area contributed by atoms with Gasteiger partial charge in [-0.3, -0.25) is 4.79 Å². The molecule has 144 valence electrons. The SMILES string of the molecule is O=C(c1ccc2cc[nH]c2c1)N1CCO[C@H](c2ccnc(N3CCCC3)n2)C1. The minimum Gasteiger partial charge on any atom is -0.368 e. The Morgan fingerprint density at radius 3 is 2.93 bits per heavy atom. The number of amides is 1. The molecule has 0 bridgehead atoms. The Hall–Kier alpha value is -2.93. The number of anilines is 1. The molecule has 2 saturated heterocycles. The molecule has 7 heteroatoms. The first-order valence-corrected chi connectivity index (χ1v) is 9.84. The van der Waals surface area contributed by atoms with Crippen LogP contribution in [0.5, 0.6) is 0 Å². The molecule has 1 amide bonds. The fraction of sp³-hybridized carbons (Fsp3) is 0.381. The minimum absolute atomic E-state index is 0.0265. The van der Waals surface area contributed by atoms with Gasteiger partial charge in [0.05, 0.1) is 18.8 Å². The highest BCUT2D eigenvalue weighted by molar-refractivity contribution is 5.98. The first-order chi connectivity index (χ1) is 13.8. The first kappa shape index (κ1) is 17.2. The van der Waals surface area contributed by atoms with Gasteiger partial charge in [0.15, 0.2) is 0 Å². The zero-order valence-electron chi connectivity index (χ0n) is 15.7. The molecular weight excluding hydrogens is 354 g/mol. The van der Waals surface area contributed by atoms with E-state index in [0.717, 1.165) is 35.6 Å². The smallest absolute Gasteiger partial charge is 0.254 e. The van der Waals surface area contributed by atoms with Gasteiger partial charge in [-0.05, 0) is 42.5 Å². The summed E-state index contributed by atoms with van der Waals surface area (Å²) >= 11 is 0. The minimum atomic E-state index is -0.226. The van der Waals surface area contributed by atoms with Crippen LogP contribution in [0.25, 0.3) is 10.9 Å². The van der Waals surface area contributed by atoms with Crippen LogP contribution in [0.2, 0.25) is 0 Å². The van der Waals surface area contributed by atoms with Crippen LogP contribution in [0, 0.1) is 0 Å². The Labute approximate surface area is 163 Å². The molecule has 1 atom stereocenters. The Kier molecular flexibility index (Phi) is 4.44. The number of rotatable bonds is 3. The number of ether oxygens (including phenoxy) is 1. The summed E-state index contributed by atoms with van der Waals surface area (Å²) in [5.74, 6) is 0.790. The van der Waals surface area contributed by atoms with Crippen LogP contribution in [0.1, 0.15) is 35.0 Å². The molecule has 3 aromatic rings. The molecule has 0 spiro atoms. The van der Waals surface area contributed by atoms with Crippen molar-refractivity contribution < 1.29 is 9.53 Å². The molecule has 7 nitrogen and oxygen atoms in total. The molecule has 0 aliphatic carbocycles. The van der Waals surface area contributed by atoms with Crippen molar-refractivity contribution in [3.63, 3.8) is 0 Å². The summed E-state index contributed by atoms with van der Waals surface area (Å²) in [5.41, 5.74) is 2.51. The first-order valence-electron chi connectivity index (χ1n) is 9.84. The number of aromatic amines is 1. The Morgan fingerprint density at radius 2 is 2.04 bits per heavy atom. The normalized spacial score (nSPS) is 20.1. The fourth-order valence-electron chi connectivity index (χ4n) is 3.99. The molecule has 1 N–H and O–H groups in total. The van der Waals surface area contributed by atoms with Crippen LogP contribution in [-0.4, -0.2) is 58.5 Å². The second-order valence-corrected chi connectivity index (χ2v) is 7.37. The number of nitrogens with zero attached hydrogens (tertiary/aromatic N) is 4. The number of H-pyrrole nitrogens is 1. The number of aromatic nitrogens is 3. The van der Waals surface area contributed by atoms with Crippen molar-refractivity contribution in [3.8, 4) is 0 Å². The van der Waals surface area contributed by atoms with Gasteiger partial charge in [-0.15, -0.1) is 0 Å². The van der Waals surface area contributed by atoms with E-state index >= 15 is 0 Å². The van der Waals surface area contributed by atoms with Crippen molar-refractivity contribution in [2.24, 2.45) is 0 Å². The van der Waals surface area contributed by atoms with E-state index < -0.39 is 0 Å². The Balaban J connectivity index is 1.34. The molecule has 2 aromatic heterocycles. The van der Waals surface area contributed by atoms with Crippen molar-refractivity contribution in [3.05, 3.63) is 54.0 Å². The second-order valence-electron chi connectivity index (χ2n) is 7.37. The predicted octanol–water partition coefficient (Wildman–Crippen LogP) is 2.77. The number of carbonyl (C=O) groups is 1. The second kappa shape index (κ2) is 7.24. The summed E-state index contributed by atoms with van der Waals surface area (Å²) in [6.07, 6.45) is 5.81. The summed E-state index contributed by atoms with van der Waals surface area (Å²) in [6.45, 7) is 3.59. The number of benzene rings is 1. The fourth-order valence-corrected chi connectivity index (χ4v) is 3.99. The maximum atomic E-state index is 13.0. The molecule has 2 aliphatic rings. The summed E-state index contributed by atoms with van der Waals surface area (Å²) in [5, 5.41) is 1.10. The lowest BCUT2D eigenvalue weighted by Gasteiger charge is -2.33. The molecule has 0 radical (unpaired) electrons. The maximum absolute atomic E-state index is 13.0. The molecule has 4 heterocycles. The van der Waals surface area contributed by atoms with Crippen molar-refractivity contribution in [1.82, 2.24) is 19.9 Å². The highest BCUT2D eigenvalue weighted by Crippen LogP contribution is 2.25. The topological polar surface area (TPSA) is 74.3 Å². The molecule has 1 aromatic carbocycles. The number of nitrogens with one attached hydrogen (secondary N) is 1. The van der Waals surface area contributed by atoms with Crippen LogP contribution in [0.4, 0.5) is 5.95 Å². The molecule has 28 heavy (non-hydrogen) atoms. The maximum Gasteiger partial charge on any atom is 0.254 e. The number of carbonyl (C=O) groups excluding carboxylic acids is 1. The van der Waals surface area contributed by atoms with Gasteiger partial charge in [0.1, 0.15) is 6.10 Å². The Morgan fingerprint density at radius 1 is 1.14 bits per heavy atom. The molecule has 2 aliphatic heterocycles. The van der Waals surface area contributed by atoms with Crippen molar-refractivity contribution in [2.45, 2.75) is 18.9 Å². The average molecular weight is 377 g/mol. The van der Waals surface area contributed by atoms with Gasteiger partial charge < -0.3 is 19.5 Å². The van der Waals surface area contributed by atoms with E-state index in [1.807, 2.05) is 41.4 Å². The van der Waals surface area contributed by atoms with Crippen LogP contribution >= 0.6 is 0 Å². The number of hydrogen-bond acceptors (Lipinski definition) is 5. The Bertz CT molecular complexity index is 995. The zero-order valence-corrected chi connectivity index (χ0v) is 15.7. The van der Waals surface area contributed by atoms with E-state index in [2.05, 4.69) is 14.9 Å². The molecule has 0 saturated carbocycles. The van der Waals surface area contributed by atoms with Gasteiger partial charge in [-0.1, -0.05) is 6.07 Å². The molecule has 5 rings (SSSR count). The van der Waals surface area contributed by atoms with E-state index in [0.29, 0.717) is 25.3 Å². The van der Waals surface area contributed by atoms with Gasteiger partial charge in [0, 0.05) is 43.1 Å². The standard InChI is InChI=1S/C21H23N5O2/c27-20(16-4-3-15-5-7-22-18(15)13-16)26-11-12-28-19(14-26)17-6-8-23-21(24-17)25-9-1-2-10-25/h3-8,13,19,22H,1-2,9-12,14H2/t19-/m0/s1. The predicted molar refractivity (Wildman–Crippen MR) is 106 cm³/mol. The van der Waals surface area contributed by atoms with Crippen molar-refractivity contribution in [2.75, 3.05) is 37.7 Å². The highest BCUT2D eigenvalue weighted by atomic mass is 16.5. The number of hydrogen-bond donors (Lipinski definition) is 1. The van der Waals surface area contributed by atoms with Gasteiger partial charge in [-0.25, -0.2) is 9.97 Å². The van der Waals surface area contributed by atoms with Crippen LogP contribution < -0.4 is 4.90 Å². The lowest BCUT2D eigenvalue weighted by atomic mass is 10.1. The van der Waals surface area contributed by atoms with E-state index in [1.54, 1.807) is 6.20 Å². The average Bonchev–Trinajstić information content (AvgIpc) is 3.45. The third-order valence-electron chi connectivity index (χ3n) is 5.54. The van der Waals surface area contributed by atoms with Gasteiger partial charge in [0.2, 0.25) is 5.95 Å².